The Morgan fingerprint density at radius 3 is 2.89 bits per heavy atom. The lowest BCUT2D eigenvalue weighted by Gasteiger charge is -2.25. The molecule has 4 heteroatoms. The van der Waals surface area contributed by atoms with Gasteiger partial charge < -0.3 is 10.1 Å². The van der Waals surface area contributed by atoms with Crippen LogP contribution in [0.3, 0.4) is 0 Å². The van der Waals surface area contributed by atoms with Crippen molar-refractivity contribution >= 4 is 11.6 Å². The van der Waals surface area contributed by atoms with E-state index in [1.807, 2.05) is 0 Å². The van der Waals surface area contributed by atoms with Crippen LogP contribution in [0.25, 0.3) is 0 Å². The SMILES string of the molecule is CCCNC(c1ccc(Cl)cc1F)C1COC(C)C1. The van der Waals surface area contributed by atoms with E-state index in [-0.39, 0.29) is 18.0 Å². The standard InChI is InChI=1S/C15H21ClFNO/c1-3-6-18-15(11-7-10(2)19-9-11)13-5-4-12(16)8-14(13)17/h4-5,8,10-11,15,18H,3,6-7,9H2,1-2H3. The van der Waals surface area contributed by atoms with Crippen molar-refractivity contribution in [3.63, 3.8) is 0 Å². The number of benzene rings is 1. The highest BCUT2D eigenvalue weighted by atomic mass is 35.5. The minimum absolute atomic E-state index is 0.00201. The van der Waals surface area contributed by atoms with Gasteiger partial charge in [-0.3, -0.25) is 0 Å². The van der Waals surface area contributed by atoms with Crippen molar-refractivity contribution in [2.24, 2.45) is 5.92 Å². The summed E-state index contributed by atoms with van der Waals surface area (Å²) in [5.74, 6) is 0.0814. The molecule has 0 aliphatic carbocycles. The molecule has 1 aromatic carbocycles. The molecular formula is C15H21ClFNO. The van der Waals surface area contributed by atoms with Crippen LogP contribution in [0.1, 0.15) is 38.3 Å². The Hall–Kier alpha value is -0.640. The zero-order chi connectivity index (χ0) is 13.8. The first-order valence-corrected chi connectivity index (χ1v) is 7.29. The molecule has 1 aromatic rings. The normalized spacial score (nSPS) is 24.6. The largest absolute Gasteiger partial charge is 0.378 e. The molecule has 1 aliphatic heterocycles. The molecule has 3 atom stereocenters. The molecular weight excluding hydrogens is 265 g/mol. The fourth-order valence-corrected chi connectivity index (χ4v) is 2.83. The third-order valence-corrected chi connectivity index (χ3v) is 3.85. The van der Waals surface area contributed by atoms with Gasteiger partial charge in [0.1, 0.15) is 5.82 Å². The fraction of sp³-hybridized carbons (Fsp3) is 0.600. The Bertz CT molecular complexity index is 427. The maximum atomic E-state index is 14.1. The number of rotatable bonds is 5. The second-order valence-corrected chi connectivity index (χ2v) is 5.67. The lowest BCUT2D eigenvalue weighted by molar-refractivity contribution is 0.116. The van der Waals surface area contributed by atoms with Crippen molar-refractivity contribution in [1.82, 2.24) is 5.32 Å². The summed E-state index contributed by atoms with van der Waals surface area (Å²) < 4.78 is 19.7. The minimum atomic E-state index is -0.236. The van der Waals surface area contributed by atoms with E-state index in [2.05, 4.69) is 19.2 Å². The average Bonchev–Trinajstić information content (AvgIpc) is 2.78. The summed E-state index contributed by atoms with van der Waals surface area (Å²) in [6.07, 6.45) is 2.24. The van der Waals surface area contributed by atoms with E-state index in [4.69, 9.17) is 16.3 Å². The third-order valence-electron chi connectivity index (χ3n) is 3.61. The maximum absolute atomic E-state index is 14.1. The fourth-order valence-electron chi connectivity index (χ4n) is 2.67. The molecule has 2 rings (SSSR count). The van der Waals surface area contributed by atoms with Gasteiger partial charge in [-0.15, -0.1) is 0 Å². The second-order valence-electron chi connectivity index (χ2n) is 5.24. The molecule has 1 N–H and O–H groups in total. The van der Waals surface area contributed by atoms with Crippen LogP contribution in [0, 0.1) is 11.7 Å². The second kappa shape index (κ2) is 6.69. The average molecular weight is 286 g/mol. The molecule has 1 fully saturated rings. The summed E-state index contributed by atoms with van der Waals surface area (Å²) in [4.78, 5) is 0. The smallest absolute Gasteiger partial charge is 0.129 e. The van der Waals surface area contributed by atoms with Gasteiger partial charge >= 0.3 is 0 Å². The van der Waals surface area contributed by atoms with Crippen molar-refractivity contribution in [2.75, 3.05) is 13.2 Å². The summed E-state index contributed by atoms with van der Waals surface area (Å²) in [6.45, 7) is 5.73. The zero-order valence-electron chi connectivity index (χ0n) is 11.5. The predicted octanol–water partition coefficient (Wildman–Crippen LogP) is 3.94. The third kappa shape index (κ3) is 3.68. The van der Waals surface area contributed by atoms with E-state index in [9.17, 15) is 4.39 Å². The van der Waals surface area contributed by atoms with Crippen LogP contribution < -0.4 is 5.32 Å². The molecule has 0 aromatic heterocycles. The van der Waals surface area contributed by atoms with E-state index in [1.165, 1.54) is 6.07 Å². The van der Waals surface area contributed by atoms with Crippen LogP contribution in [0.4, 0.5) is 4.39 Å². The Kier molecular flexibility index (Phi) is 5.20. The first kappa shape index (κ1) is 14.8. The molecule has 19 heavy (non-hydrogen) atoms. The summed E-state index contributed by atoms with van der Waals surface area (Å²) in [5, 5.41) is 3.88. The molecule has 106 valence electrons. The van der Waals surface area contributed by atoms with Gasteiger partial charge in [0, 0.05) is 22.5 Å². The molecule has 3 unspecified atom stereocenters. The Labute approximate surface area is 119 Å². The predicted molar refractivity (Wildman–Crippen MR) is 76.0 cm³/mol. The van der Waals surface area contributed by atoms with Gasteiger partial charge in [0.2, 0.25) is 0 Å². The molecule has 0 spiro atoms. The van der Waals surface area contributed by atoms with Crippen molar-refractivity contribution in [3.05, 3.63) is 34.6 Å². The molecule has 0 bridgehead atoms. The molecule has 1 heterocycles. The highest BCUT2D eigenvalue weighted by Crippen LogP contribution is 2.33. The molecule has 2 nitrogen and oxygen atoms in total. The summed E-state index contributed by atoms with van der Waals surface area (Å²) in [5.41, 5.74) is 0.695. The number of hydrogen-bond donors (Lipinski definition) is 1. The van der Waals surface area contributed by atoms with Gasteiger partial charge in [-0.2, -0.15) is 0 Å². The van der Waals surface area contributed by atoms with Crippen LogP contribution in [0.2, 0.25) is 5.02 Å². The molecule has 1 aliphatic rings. The summed E-state index contributed by atoms with van der Waals surface area (Å²) in [6, 6.07) is 4.92. The van der Waals surface area contributed by atoms with Gasteiger partial charge in [-0.25, -0.2) is 4.39 Å². The lowest BCUT2D eigenvalue weighted by atomic mass is 9.90. The van der Waals surface area contributed by atoms with Crippen LogP contribution in [-0.2, 0) is 4.74 Å². The molecule has 1 saturated heterocycles. The quantitative estimate of drug-likeness (QED) is 0.885. The maximum Gasteiger partial charge on any atom is 0.129 e. The van der Waals surface area contributed by atoms with E-state index in [0.29, 0.717) is 23.1 Å². The summed E-state index contributed by atoms with van der Waals surface area (Å²) in [7, 11) is 0. The topological polar surface area (TPSA) is 21.3 Å². The van der Waals surface area contributed by atoms with Gasteiger partial charge in [0.25, 0.3) is 0 Å². The first-order valence-electron chi connectivity index (χ1n) is 6.91. The Morgan fingerprint density at radius 2 is 2.32 bits per heavy atom. The van der Waals surface area contributed by atoms with Gasteiger partial charge in [-0.1, -0.05) is 24.6 Å². The monoisotopic (exact) mass is 285 g/mol. The van der Waals surface area contributed by atoms with Crippen molar-refractivity contribution < 1.29 is 9.13 Å². The lowest BCUT2D eigenvalue weighted by Crippen LogP contribution is -2.30. The zero-order valence-corrected chi connectivity index (χ0v) is 12.2. The van der Waals surface area contributed by atoms with Gasteiger partial charge in [0.15, 0.2) is 0 Å². The van der Waals surface area contributed by atoms with E-state index in [0.717, 1.165) is 19.4 Å². The van der Waals surface area contributed by atoms with E-state index in [1.54, 1.807) is 12.1 Å². The Balaban J connectivity index is 2.21. The number of halogens is 2. The van der Waals surface area contributed by atoms with Crippen molar-refractivity contribution in [2.45, 2.75) is 38.8 Å². The van der Waals surface area contributed by atoms with Crippen molar-refractivity contribution in [3.8, 4) is 0 Å². The van der Waals surface area contributed by atoms with Gasteiger partial charge in [0.05, 0.1) is 12.7 Å². The minimum Gasteiger partial charge on any atom is -0.378 e. The molecule has 0 amide bonds. The molecule has 0 saturated carbocycles. The number of hydrogen-bond acceptors (Lipinski definition) is 2. The van der Waals surface area contributed by atoms with E-state index >= 15 is 0 Å². The summed E-state index contributed by atoms with van der Waals surface area (Å²) >= 11 is 5.82. The van der Waals surface area contributed by atoms with Crippen molar-refractivity contribution in [1.29, 1.82) is 0 Å². The molecule has 0 radical (unpaired) electrons. The first-order chi connectivity index (χ1) is 9.11. The van der Waals surface area contributed by atoms with Gasteiger partial charge in [-0.05, 0) is 38.4 Å². The number of ether oxygens (including phenoxy) is 1. The van der Waals surface area contributed by atoms with Crippen LogP contribution in [0.15, 0.2) is 18.2 Å². The highest BCUT2D eigenvalue weighted by Gasteiger charge is 2.31. The number of nitrogens with one attached hydrogen (secondary N) is 1. The Morgan fingerprint density at radius 1 is 1.53 bits per heavy atom. The van der Waals surface area contributed by atoms with E-state index < -0.39 is 0 Å². The van der Waals surface area contributed by atoms with Crippen LogP contribution in [0.5, 0.6) is 0 Å². The van der Waals surface area contributed by atoms with Crippen LogP contribution in [-0.4, -0.2) is 19.3 Å². The highest BCUT2D eigenvalue weighted by molar-refractivity contribution is 6.30. The van der Waals surface area contributed by atoms with Crippen LogP contribution >= 0.6 is 11.6 Å².